The molecule has 0 aliphatic rings. The summed E-state index contributed by atoms with van der Waals surface area (Å²) >= 11 is 0. The van der Waals surface area contributed by atoms with Gasteiger partial charge in [-0.05, 0) is 44.1 Å². The van der Waals surface area contributed by atoms with Crippen LogP contribution in [0.3, 0.4) is 0 Å². The van der Waals surface area contributed by atoms with Crippen LogP contribution in [-0.4, -0.2) is 28.5 Å². The average molecular weight is 275 g/mol. The molecule has 1 heterocycles. The second kappa shape index (κ2) is 6.05. The summed E-state index contributed by atoms with van der Waals surface area (Å²) in [5, 5.41) is 0. The van der Waals surface area contributed by atoms with E-state index < -0.39 is 11.1 Å². The molecule has 0 spiro atoms. The van der Waals surface area contributed by atoms with Crippen molar-refractivity contribution in [3.05, 3.63) is 44.0 Å². The normalized spacial score (nSPS) is 11.4. The third-order valence-corrected chi connectivity index (χ3v) is 3.56. The maximum atomic E-state index is 11.5. The number of hydrogen-bond donors (Lipinski definition) is 2. The van der Waals surface area contributed by atoms with E-state index in [1.165, 1.54) is 0 Å². The Morgan fingerprint density at radius 3 is 2.55 bits per heavy atom. The van der Waals surface area contributed by atoms with E-state index in [1.807, 2.05) is 19.1 Å². The second-order valence-corrected chi connectivity index (χ2v) is 5.28. The van der Waals surface area contributed by atoms with Crippen molar-refractivity contribution in [1.29, 1.82) is 0 Å². The van der Waals surface area contributed by atoms with E-state index in [2.05, 4.69) is 28.8 Å². The second-order valence-electron chi connectivity index (χ2n) is 5.28. The van der Waals surface area contributed by atoms with Gasteiger partial charge >= 0.3 is 11.1 Å². The summed E-state index contributed by atoms with van der Waals surface area (Å²) in [6, 6.07) is 3.80. The fourth-order valence-corrected chi connectivity index (χ4v) is 2.33. The largest absolute Gasteiger partial charge is 0.316 e. The van der Waals surface area contributed by atoms with Gasteiger partial charge in [0.2, 0.25) is 0 Å². The molecule has 2 N–H and O–H groups in total. The summed E-state index contributed by atoms with van der Waals surface area (Å²) < 4.78 is 0. The number of rotatable bonds is 5. The van der Waals surface area contributed by atoms with Crippen LogP contribution in [0.1, 0.15) is 30.9 Å². The minimum Gasteiger partial charge on any atom is -0.316 e. The zero-order chi connectivity index (χ0) is 14.7. The van der Waals surface area contributed by atoms with E-state index in [-0.39, 0.29) is 0 Å². The Bertz CT molecular complexity index is 715. The van der Waals surface area contributed by atoms with Crippen LogP contribution in [0.5, 0.6) is 0 Å². The van der Waals surface area contributed by atoms with Crippen LogP contribution in [-0.2, 0) is 6.54 Å². The SMILES string of the molecule is CCCCN(C)Cc1c(C)ccc2[nH]c(=O)c(=O)[nH]c12. The molecule has 0 fully saturated rings. The van der Waals surface area contributed by atoms with Gasteiger partial charge in [-0.3, -0.25) is 9.59 Å². The molecule has 20 heavy (non-hydrogen) atoms. The standard InChI is InChI=1S/C15H21N3O2/c1-4-5-8-18(3)9-11-10(2)6-7-12-13(11)17-15(20)14(19)16-12/h6-7H,4-5,8-9H2,1-3H3,(H,16,19)(H,17,20). The lowest BCUT2D eigenvalue weighted by Gasteiger charge is -2.18. The van der Waals surface area contributed by atoms with Crippen molar-refractivity contribution in [3.63, 3.8) is 0 Å². The van der Waals surface area contributed by atoms with E-state index in [4.69, 9.17) is 0 Å². The third-order valence-electron chi connectivity index (χ3n) is 3.56. The summed E-state index contributed by atoms with van der Waals surface area (Å²) in [5.74, 6) is 0. The molecule has 2 aromatic rings. The van der Waals surface area contributed by atoms with Gasteiger partial charge in [-0.15, -0.1) is 0 Å². The van der Waals surface area contributed by atoms with Crippen molar-refractivity contribution in [3.8, 4) is 0 Å². The monoisotopic (exact) mass is 275 g/mol. The first-order chi connectivity index (χ1) is 9.52. The van der Waals surface area contributed by atoms with Crippen molar-refractivity contribution in [1.82, 2.24) is 14.9 Å². The molecule has 108 valence electrons. The van der Waals surface area contributed by atoms with E-state index >= 15 is 0 Å². The molecule has 0 amide bonds. The molecular formula is C15H21N3O2. The van der Waals surface area contributed by atoms with Gasteiger partial charge < -0.3 is 14.9 Å². The number of benzene rings is 1. The number of aromatic amines is 2. The Morgan fingerprint density at radius 2 is 1.85 bits per heavy atom. The molecule has 0 bridgehead atoms. The number of nitrogens with one attached hydrogen (secondary N) is 2. The maximum absolute atomic E-state index is 11.5. The Kier molecular flexibility index (Phi) is 4.39. The molecular weight excluding hydrogens is 254 g/mol. The molecule has 0 radical (unpaired) electrons. The lowest BCUT2D eigenvalue weighted by atomic mass is 10.1. The molecule has 5 heteroatoms. The zero-order valence-corrected chi connectivity index (χ0v) is 12.2. The summed E-state index contributed by atoms with van der Waals surface area (Å²) in [6.07, 6.45) is 2.30. The van der Waals surface area contributed by atoms with E-state index in [9.17, 15) is 9.59 Å². The van der Waals surface area contributed by atoms with Gasteiger partial charge in [0, 0.05) is 6.54 Å². The number of hydrogen-bond acceptors (Lipinski definition) is 3. The smallest absolute Gasteiger partial charge is 0.314 e. The number of fused-ring (bicyclic) bond motifs is 1. The highest BCUT2D eigenvalue weighted by Crippen LogP contribution is 2.18. The van der Waals surface area contributed by atoms with Crippen molar-refractivity contribution >= 4 is 11.0 Å². The summed E-state index contributed by atoms with van der Waals surface area (Å²) in [4.78, 5) is 30.5. The van der Waals surface area contributed by atoms with Crippen molar-refractivity contribution in [2.75, 3.05) is 13.6 Å². The van der Waals surface area contributed by atoms with E-state index in [0.29, 0.717) is 5.52 Å². The zero-order valence-electron chi connectivity index (χ0n) is 12.2. The van der Waals surface area contributed by atoms with Gasteiger partial charge in [0.1, 0.15) is 0 Å². The van der Waals surface area contributed by atoms with Crippen LogP contribution in [0.2, 0.25) is 0 Å². The molecule has 0 atom stereocenters. The molecule has 0 saturated heterocycles. The summed E-state index contributed by atoms with van der Waals surface area (Å²) in [7, 11) is 2.07. The first-order valence-corrected chi connectivity index (χ1v) is 6.96. The van der Waals surface area contributed by atoms with Gasteiger partial charge in [0.25, 0.3) is 0 Å². The number of H-pyrrole nitrogens is 2. The van der Waals surface area contributed by atoms with Crippen LogP contribution >= 0.6 is 0 Å². The topological polar surface area (TPSA) is 69.0 Å². The van der Waals surface area contributed by atoms with Gasteiger partial charge in [0.05, 0.1) is 11.0 Å². The van der Waals surface area contributed by atoms with Gasteiger partial charge in [0.15, 0.2) is 0 Å². The number of aryl methyl sites for hydroxylation is 1. The lowest BCUT2D eigenvalue weighted by Crippen LogP contribution is -2.30. The molecule has 1 aromatic heterocycles. The Labute approximate surface area is 117 Å². The first-order valence-electron chi connectivity index (χ1n) is 6.96. The molecule has 0 aliphatic heterocycles. The highest BCUT2D eigenvalue weighted by atomic mass is 16.2. The third kappa shape index (κ3) is 2.99. The fraction of sp³-hybridized carbons (Fsp3) is 0.467. The van der Waals surface area contributed by atoms with Gasteiger partial charge in [-0.1, -0.05) is 19.4 Å². The molecule has 1 aromatic carbocycles. The van der Waals surface area contributed by atoms with Crippen LogP contribution in [0.25, 0.3) is 11.0 Å². The van der Waals surface area contributed by atoms with Gasteiger partial charge in [-0.25, -0.2) is 0 Å². The minimum absolute atomic E-state index is 0.597. The number of nitrogens with zero attached hydrogens (tertiary/aromatic N) is 1. The highest BCUT2D eigenvalue weighted by molar-refractivity contribution is 5.78. The number of unbranched alkanes of at least 4 members (excludes halogenated alkanes) is 1. The molecule has 2 rings (SSSR count). The van der Waals surface area contributed by atoms with Crippen molar-refractivity contribution in [2.24, 2.45) is 0 Å². The van der Waals surface area contributed by atoms with Crippen LogP contribution < -0.4 is 11.1 Å². The first kappa shape index (κ1) is 14.5. The predicted molar refractivity (Wildman–Crippen MR) is 81.2 cm³/mol. The molecule has 0 saturated carbocycles. The van der Waals surface area contributed by atoms with E-state index in [1.54, 1.807) is 0 Å². The highest BCUT2D eigenvalue weighted by Gasteiger charge is 2.10. The molecule has 0 unspecified atom stereocenters. The minimum atomic E-state index is -0.605. The fourth-order valence-electron chi connectivity index (χ4n) is 2.33. The quantitative estimate of drug-likeness (QED) is 0.817. The molecule has 5 nitrogen and oxygen atoms in total. The Hall–Kier alpha value is -1.88. The van der Waals surface area contributed by atoms with Crippen LogP contribution in [0.15, 0.2) is 21.7 Å². The summed E-state index contributed by atoms with van der Waals surface area (Å²) in [5.41, 5.74) is 2.39. The average Bonchev–Trinajstić information content (AvgIpc) is 2.42. The van der Waals surface area contributed by atoms with Crippen molar-refractivity contribution in [2.45, 2.75) is 33.2 Å². The van der Waals surface area contributed by atoms with Gasteiger partial charge in [-0.2, -0.15) is 0 Å². The molecule has 0 aliphatic carbocycles. The van der Waals surface area contributed by atoms with Crippen LogP contribution in [0, 0.1) is 6.92 Å². The predicted octanol–water partition coefficient (Wildman–Crippen LogP) is 1.76. The summed E-state index contributed by atoms with van der Waals surface area (Å²) in [6.45, 7) is 5.95. The van der Waals surface area contributed by atoms with E-state index in [0.717, 1.165) is 42.6 Å². The number of aromatic nitrogens is 2. The maximum Gasteiger partial charge on any atom is 0.314 e. The van der Waals surface area contributed by atoms with Crippen LogP contribution in [0.4, 0.5) is 0 Å². The lowest BCUT2D eigenvalue weighted by molar-refractivity contribution is 0.321. The Balaban J connectivity index is 2.46. The Morgan fingerprint density at radius 1 is 1.15 bits per heavy atom. The van der Waals surface area contributed by atoms with Crippen molar-refractivity contribution < 1.29 is 0 Å².